The second-order valence-electron chi connectivity index (χ2n) is 7.66. The van der Waals surface area contributed by atoms with Gasteiger partial charge in [-0.05, 0) is 60.6 Å². The summed E-state index contributed by atoms with van der Waals surface area (Å²) in [5, 5.41) is 0. The molecule has 0 saturated heterocycles. The van der Waals surface area contributed by atoms with E-state index in [1.165, 1.54) is 29.5 Å². The van der Waals surface area contributed by atoms with Crippen molar-refractivity contribution in [3.63, 3.8) is 0 Å². The van der Waals surface area contributed by atoms with Crippen LogP contribution in [-0.2, 0) is 11.8 Å². The molecule has 0 spiro atoms. The van der Waals surface area contributed by atoms with Crippen LogP contribution < -0.4 is 10.5 Å². The first-order chi connectivity index (χ1) is 9.81. The Morgan fingerprint density at radius 2 is 1.91 bits per heavy atom. The van der Waals surface area contributed by atoms with E-state index in [0.29, 0.717) is 0 Å². The van der Waals surface area contributed by atoms with Gasteiger partial charge in [-0.15, -0.1) is 12.4 Å². The van der Waals surface area contributed by atoms with Crippen LogP contribution >= 0.6 is 12.4 Å². The monoisotopic (exact) mass is 325 g/mol. The third-order valence-electron chi connectivity index (χ3n) is 4.38. The zero-order chi connectivity index (χ0) is 15.6. The third kappa shape index (κ3) is 5.17. The lowest BCUT2D eigenvalue weighted by Gasteiger charge is -2.24. The summed E-state index contributed by atoms with van der Waals surface area (Å²) in [4.78, 5) is 0. The van der Waals surface area contributed by atoms with Crippen molar-refractivity contribution in [1.29, 1.82) is 0 Å². The molecule has 1 unspecified atom stereocenters. The third-order valence-corrected chi connectivity index (χ3v) is 4.38. The maximum Gasteiger partial charge on any atom is 0.125 e. The summed E-state index contributed by atoms with van der Waals surface area (Å²) in [6, 6.07) is 4.80. The second-order valence-corrected chi connectivity index (χ2v) is 7.66. The molecule has 2 N–H and O–H groups in total. The normalized spacial score (nSPS) is 16.1. The predicted octanol–water partition coefficient (Wildman–Crippen LogP) is 4.78. The first-order valence-corrected chi connectivity index (χ1v) is 8.33. The smallest absolute Gasteiger partial charge is 0.125 e. The quantitative estimate of drug-likeness (QED) is 0.816. The molecular weight excluding hydrogens is 294 g/mol. The highest BCUT2D eigenvalue weighted by molar-refractivity contribution is 5.85. The fourth-order valence-electron chi connectivity index (χ4n) is 2.55. The van der Waals surface area contributed by atoms with Gasteiger partial charge in [0.25, 0.3) is 0 Å². The molecule has 0 radical (unpaired) electrons. The number of nitrogens with two attached hydrogens (primary N) is 1. The van der Waals surface area contributed by atoms with Gasteiger partial charge in [0.05, 0.1) is 6.61 Å². The highest BCUT2D eigenvalue weighted by Gasteiger charge is 2.24. The molecule has 0 amide bonds. The van der Waals surface area contributed by atoms with Crippen molar-refractivity contribution in [3.05, 3.63) is 28.8 Å². The lowest BCUT2D eigenvalue weighted by molar-refractivity contribution is 0.294. The molecule has 1 aliphatic carbocycles. The van der Waals surface area contributed by atoms with Crippen LogP contribution in [-0.4, -0.2) is 12.6 Å². The SMILES string of the molecule is CCC(N)Cc1cc(C(C)(C)C)cc(C)c1OCC1CC1.Cl. The molecule has 0 aromatic heterocycles. The summed E-state index contributed by atoms with van der Waals surface area (Å²) >= 11 is 0. The van der Waals surface area contributed by atoms with Crippen LogP contribution in [0.4, 0.5) is 0 Å². The van der Waals surface area contributed by atoms with E-state index in [9.17, 15) is 0 Å². The van der Waals surface area contributed by atoms with Crippen molar-refractivity contribution in [2.45, 2.75) is 71.8 Å². The van der Waals surface area contributed by atoms with Gasteiger partial charge in [-0.1, -0.05) is 39.8 Å². The number of hydrogen-bond acceptors (Lipinski definition) is 2. The molecule has 1 aromatic carbocycles. The molecule has 1 aliphatic rings. The maximum absolute atomic E-state index is 6.20. The van der Waals surface area contributed by atoms with Gasteiger partial charge in [0.1, 0.15) is 5.75 Å². The summed E-state index contributed by atoms with van der Waals surface area (Å²) in [5.41, 5.74) is 10.3. The minimum absolute atomic E-state index is 0. The maximum atomic E-state index is 6.20. The van der Waals surface area contributed by atoms with Crippen LogP contribution in [0.5, 0.6) is 5.75 Å². The largest absolute Gasteiger partial charge is 0.493 e. The molecule has 1 fully saturated rings. The van der Waals surface area contributed by atoms with Gasteiger partial charge in [-0.25, -0.2) is 0 Å². The van der Waals surface area contributed by atoms with E-state index in [2.05, 4.69) is 46.8 Å². The van der Waals surface area contributed by atoms with Gasteiger partial charge >= 0.3 is 0 Å². The molecule has 22 heavy (non-hydrogen) atoms. The molecule has 2 rings (SSSR count). The number of hydrogen-bond donors (Lipinski definition) is 1. The van der Waals surface area contributed by atoms with Gasteiger partial charge in [0.15, 0.2) is 0 Å². The van der Waals surface area contributed by atoms with Gasteiger partial charge in [0, 0.05) is 6.04 Å². The van der Waals surface area contributed by atoms with Crippen molar-refractivity contribution in [2.75, 3.05) is 6.61 Å². The van der Waals surface area contributed by atoms with E-state index in [-0.39, 0.29) is 23.9 Å². The number of benzene rings is 1. The first-order valence-electron chi connectivity index (χ1n) is 8.33. The second kappa shape index (κ2) is 7.70. The number of rotatable bonds is 6. The van der Waals surface area contributed by atoms with Crippen molar-refractivity contribution in [3.8, 4) is 5.75 Å². The minimum Gasteiger partial charge on any atom is -0.493 e. The number of halogens is 1. The molecule has 1 aromatic rings. The van der Waals surface area contributed by atoms with Crippen LogP contribution in [0.15, 0.2) is 12.1 Å². The Labute approximate surface area is 142 Å². The molecule has 3 heteroatoms. The van der Waals surface area contributed by atoms with Gasteiger partial charge in [0.2, 0.25) is 0 Å². The summed E-state index contributed by atoms with van der Waals surface area (Å²) in [7, 11) is 0. The summed E-state index contributed by atoms with van der Waals surface area (Å²) in [6.07, 6.45) is 4.55. The fourth-order valence-corrected chi connectivity index (χ4v) is 2.55. The number of aryl methyl sites for hydroxylation is 1. The fraction of sp³-hybridized carbons (Fsp3) is 0.684. The number of ether oxygens (including phenoxy) is 1. The molecule has 1 atom stereocenters. The molecule has 1 saturated carbocycles. The Morgan fingerprint density at radius 3 is 2.41 bits per heavy atom. The molecule has 2 nitrogen and oxygen atoms in total. The average Bonchev–Trinajstić information content (AvgIpc) is 3.20. The Bertz CT molecular complexity index is 489. The average molecular weight is 326 g/mol. The Hall–Kier alpha value is -0.730. The van der Waals surface area contributed by atoms with E-state index in [1.54, 1.807) is 0 Å². The predicted molar refractivity (Wildman–Crippen MR) is 97.3 cm³/mol. The van der Waals surface area contributed by atoms with Crippen molar-refractivity contribution >= 4 is 12.4 Å². The lowest BCUT2D eigenvalue weighted by atomic mass is 9.84. The molecule has 0 heterocycles. The van der Waals surface area contributed by atoms with Crippen LogP contribution in [0, 0.1) is 12.8 Å². The van der Waals surface area contributed by atoms with Crippen LogP contribution in [0.2, 0.25) is 0 Å². The Balaban J connectivity index is 0.00000242. The zero-order valence-corrected chi connectivity index (χ0v) is 15.6. The van der Waals surface area contributed by atoms with Crippen molar-refractivity contribution in [2.24, 2.45) is 11.7 Å². The first kappa shape index (κ1) is 19.3. The van der Waals surface area contributed by atoms with Crippen LogP contribution in [0.1, 0.15) is 63.6 Å². The van der Waals surface area contributed by atoms with Gasteiger partial charge < -0.3 is 10.5 Å². The van der Waals surface area contributed by atoms with Gasteiger partial charge in [-0.3, -0.25) is 0 Å². The van der Waals surface area contributed by atoms with Crippen molar-refractivity contribution in [1.82, 2.24) is 0 Å². The Morgan fingerprint density at radius 1 is 1.27 bits per heavy atom. The topological polar surface area (TPSA) is 35.2 Å². The van der Waals surface area contributed by atoms with E-state index >= 15 is 0 Å². The highest BCUT2D eigenvalue weighted by atomic mass is 35.5. The summed E-state index contributed by atoms with van der Waals surface area (Å²) < 4.78 is 6.15. The molecule has 0 bridgehead atoms. The molecule has 126 valence electrons. The van der Waals surface area contributed by atoms with Gasteiger partial charge in [-0.2, -0.15) is 0 Å². The highest BCUT2D eigenvalue weighted by Crippen LogP contribution is 2.35. The summed E-state index contributed by atoms with van der Waals surface area (Å²) in [5.74, 6) is 1.86. The Kier molecular flexibility index (Phi) is 6.76. The lowest BCUT2D eigenvalue weighted by Crippen LogP contribution is -2.23. The molecule has 0 aliphatic heterocycles. The van der Waals surface area contributed by atoms with E-state index in [0.717, 1.165) is 31.1 Å². The zero-order valence-electron chi connectivity index (χ0n) is 14.7. The minimum atomic E-state index is 0. The van der Waals surface area contributed by atoms with Crippen molar-refractivity contribution < 1.29 is 4.74 Å². The standard InChI is InChI=1S/C19H31NO.ClH/c1-6-17(20)11-15-10-16(19(3,4)5)9-13(2)18(15)21-12-14-7-8-14;/h9-10,14,17H,6-8,11-12,20H2,1-5H3;1H. The van der Waals surface area contributed by atoms with Crippen LogP contribution in [0.25, 0.3) is 0 Å². The van der Waals surface area contributed by atoms with Crippen LogP contribution in [0.3, 0.4) is 0 Å². The van der Waals surface area contributed by atoms with E-state index in [1.807, 2.05) is 0 Å². The summed E-state index contributed by atoms with van der Waals surface area (Å²) in [6.45, 7) is 12.0. The van der Waals surface area contributed by atoms with E-state index < -0.39 is 0 Å². The van der Waals surface area contributed by atoms with E-state index in [4.69, 9.17) is 10.5 Å². The molecular formula is C19H32ClNO.